The lowest BCUT2D eigenvalue weighted by atomic mass is 9.87. The summed E-state index contributed by atoms with van der Waals surface area (Å²) in [5.41, 5.74) is 16.6. The molecule has 0 spiro atoms. The molecule has 2 aromatic carbocycles. The Bertz CT molecular complexity index is 1190. The molecule has 2 heterocycles. The molecule has 7 heteroatoms. The first-order valence-electron chi connectivity index (χ1n) is 12.5. The number of benzene rings is 2. The minimum Gasteiger partial charge on any atom is -0.488 e. The van der Waals surface area contributed by atoms with Gasteiger partial charge >= 0.3 is 6.09 Å². The van der Waals surface area contributed by atoms with Gasteiger partial charge in [-0.25, -0.2) is 9.78 Å². The smallest absolute Gasteiger partial charge is 0.410 e. The van der Waals surface area contributed by atoms with Crippen LogP contribution in [0.2, 0.25) is 0 Å². The van der Waals surface area contributed by atoms with Crippen molar-refractivity contribution in [2.24, 2.45) is 5.73 Å². The number of hydrogen-bond donors (Lipinski definition) is 2. The number of aromatic nitrogens is 1. The molecule has 3 aromatic rings. The summed E-state index contributed by atoms with van der Waals surface area (Å²) in [6, 6.07) is 19.9. The summed E-state index contributed by atoms with van der Waals surface area (Å²) in [6.07, 6.45) is 1.52. The van der Waals surface area contributed by atoms with Crippen LogP contribution in [0.15, 0.2) is 60.7 Å². The van der Waals surface area contributed by atoms with Crippen LogP contribution in [-0.4, -0.2) is 34.7 Å². The fraction of sp³-hybridized carbons (Fsp3) is 0.379. The molecule has 0 radical (unpaired) electrons. The second-order valence-electron chi connectivity index (χ2n) is 10.2. The van der Waals surface area contributed by atoms with E-state index in [1.165, 1.54) is 0 Å². The second kappa shape index (κ2) is 11.0. The van der Waals surface area contributed by atoms with E-state index in [2.05, 4.69) is 6.07 Å². The number of nitrogens with two attached hydrogens (primary N) is 2. The van der Waals surface area contributed by atoms with Crippen LogP contribution in [0, 0.1) is 0 Å². The third kappa shape index (κ3) is 6.15. The highest BCUT2D eigenvalue weighted by Crippen LogP contribution is 2.37. The molecule has 1 atom stereocenters. The zero-order valence-corrected chi connectivity index (χ0v) is 21.4. The number of para-hydroxylation sites is 1. The monoisotopic (exact) mass is 488 g/mol. The number of carbonyl (C=O) groups excluding carboxylic acids is 1. The van der Waals surface area contributed by atoms with Gasteiger partial charge in [0.25, 0.3) is 0 Å². The summed E-state index contributed by atoms with van der Waals surface area (Å²) in [6.45, 7) is 7.60. The Labute approximate surface area is 213 Å². The molecule has 0 saturated carbocycles. The van der Waals surface area contributed by atoms with Gasteiger partial charge in [0.15, 0.2) is 0 Å². The minimum atomic E-state index is -0.538. The van der Waals surface area contributed by atoms with Gasteiger partial charge in [-0.05, 0) is 62.9 Å². The van der Waals surface area contributed by atoms with Gasteiger partial charge in [0.1, 0.15) is 23.8 Å². The van der Waals surface area contributed by atoms with Crippen LogP contribution in [0.1, 0.15) is 56.2 Å². The average Bonchev–Trinajstić information content (AvgIpc) is 2.87. The fourth-order valence-corrected chi connectivity index (χ4v) is 4.60. The maximum absolute atomic E-state index is 12.8. The summed E-state index contributed by atoms with van der Waals surface area (Å²) in [7, 11) is 0. The van der Waals surface area contributed by atoms with Crippen LogP contribution in [-0.2, 0) is 17.9 Å². The highest BCUT2D eigenvalue weighted by molar-refractivity contribution is 5.71. The second-order valence-corrected chi connectivity index (χ2v) is 10.2. The standard InChI is InChI=1S/C29H36N4O3/c1-29(2,3)36-28(34)33-15-9-12-21(18-33)23-16-25(32-27(31)24(23)17-30)22-13-7-8-14-26(22)35-19-20-10-5-4-6-11-20/h4-8,10-11,13-14,16,21H,9,12,15,17-19,30H2,1-3H3,(H2,31,32). The van der Waals surface area contributed by atoms with E-state index in [1.54, 1.807) is 4.90 Å². The molecular weight excluding hydrogens is 452 g/mol. The van der Waals surface area contributed by atoms with Crippen LogP contribution < -0.4 is 16.2 Å². The van der Waals surface area contributed by atoms with Crippen LogP contribution in [0.25, 0.3) is 11.3 Å². The van der Waals surface area contributed by atoms with Gasteiger partial charge in [-0.2, -0.15) is 0 Å². The molecule has 1 aromatic heterocycles. The lowest BCUT2D eigenvalue weighted by Gasteiger charge is -2.35. The highest BCUT2D eigenvalue weighted by atomic mass is 16.6. The highest BCUT2D eigenvalue weighted by Gasteiger charge is 2.30. The topological polar surface area (TPSA) is 104 Å². The Balaban J connectivity index is 1.63. The van der Waals surface area contributed by atoms with Crippen LogP contribution >= 0.6 is 0 Å². The first-order valence-corrected chi connectivity index (χ1v) is 12.5. The molecule has 0 aliphatic carbocycles. The summed E-state index contributed by atoms with van der Waals surface area (Å²) in [5, 5.41) is 0. The Morgan fingerprint density at radius 1 is 1.11 bits per heavy atom. The number of nitrogens with zero attached hydrogens (tertiary/aromatic N) is 2. The average molecular weight is 489 g/mol. The molecule has 1 fully saturated rings. The quantitative estimate of drug-likeness (QED) is 0.476. The number of rotatable bonds is 6. The Hall–Kier alpha value is -3.58. The van der Waals surface area contributed by atoms with Crippen LogP contribution in [0.4, 0.5) is 10.6 Å². The van der Waals surface area contributed by atoms with Gasteiger partial charge in [0, 0.05) is 36.7 Å². The molecule has 4 N–H and O–H groups in total. The molecule has 1 aliphatic rings. The maximum atomic E-state index is 12.8. The number of amides is 1. The van der Waals surface area contributed by atoms with Crippen molar-refractivity contribution < 1.29 is 14.3 Å². The van der Waals surface area contributed by atoms with Crippen LogP contribution in [0.5, 0.6) is 5.75 Å². The van der Waals surface area contributed by atoms with Crippen LogP contribution in [0.3, 0.4) is 0 Å². The lowest BCUT2D eigenvalue weighted by Crippen LogP contribution is -2.42. The summed E-state index contributed by atoms with van der Waals surface area (Å²) >= 11 is 0. The molecule has 4 rings (SSSR count). The van der Waals surface area contributed by atoms with Crippen molar-refractivity contribution >= 4 is 11.9 Å². The predicted molar refractivity (Wildman–Crippen MR) is 143 cm³/mol. The van der Waals surface area contributed by atoms with Gasteiger partial charge in [-0.15, -0.1) is 0 Å². The number of carbonyl (C=O) groups is 1. The molecular formula is C29H36N4O3. The zero-order chi connectivity index (χ0) is 25.7. The molecule has 1 amide bonds. The van der Waals surface area contributed by atoms with E-state index < -0.39 is 5.60 Å². The van der Waals surface area contributed by atoms with Gasteiger partial charge in [0.05, 0.1) is 5.69 Å². The number of anilines is 1. The van der Waals surface area contributed by atoms with E-state index in [0.29, 0.717) is 25.5 Å². The molecule has 190 valence electrons. The number of nitrogen functional groups attached to an aromatic ring is 1. The molecule has 1 unspecified atom stereocenters. The van der Waals surface area contributed by atoms with E-state index in [9.17, 15) is 4.79 Å². The normalized spacial score (nSPS) is 16.0. The van der Waals surface area contributed by atoms with Gasteiger partial charge in [-0.1, -0.05) is 42.5 Å². The number of pyridine rings is 1. The van der Waals surface area contributed by atoms with Crippen molar-refractivity contribution in [2.75, 3.05) is 18.8 Å². The van der Waals surface area contributed by atoms with Crippen molar-refractivity contribution in [3.8, 4) is 17.0 Å². The third-order valence-electron chi connectivity index (χ3n) is 6.31. The van der Waals surface area contributed by atoms with E-state index in [-0.39, 0.29) is 18.6 Å². The summed E-state index contributed by atoms with van der Waals surface area (Å²) in [4.78, 5) is 19.2. The summed E-state index contributed by atoms with van der Waals surface area (Å²) < 4.78 is 11.8. The van der Waals surface area contributed by atoms with Gasteiger partial charge in [0.2, 0.25) is 0 Å². The van der Waals surface area contributed by atoms with E-state index >= 15 is 0 Å². The molecule has 0 bridgehead atoms. The number of likely N-dealkylation sites (tertiary alicyclic amines) is 1. The molecule has 7 nitrogen and oxygen atoms in total. The third-order valence-corrected chi connectivity index (χ3v) is 6.31. The Morgan fingerprint density at radius 3 is 2.56 bits per heavy atom. The van der Waals surface area contributed by atoms with E-state index in [4.69, 9.17) is 25.9 Å². The predicted octanol–water partition coefficient (Wildman–Crippen LogP) is 5.48. The SMILES string of the molecule is CC(C)(C)OC(=O)N1CCCC(c2cc(-c3ccccc3OCc3ccccc3)nc(N)c2CN)C1. The largest absolute Gasteiger partial charge is 0.488 e. The lowest BCUT2D eigenvalue weighted by molar-refractivity contribution is 0.0198. The number of hydrogen-bond acceptors (Lipinski definition) is 6. The van der Waals surface area contributed by atoms with Crippen molar-refractivity contribution in [2.45, 2.75) is 58.3 Å². The fourth-order valence-electron chi connectivity index (χ4n) is 4.60. The van der Waals surface area contributed by atoms with Crippen molar-refractivity contribution in [3.05, 3.63) is 77.4 Å². The maximum Gasteiger partial charge on any atom is 0.410 e. The van der Waals surface area contributed by atoms with Gasteiger partial charge < -0.3 is 25.8 Å². The van der Waals surface area contributed by atoms with E-state index in [1.807, 2.05) is 75.4 Å². The Morgan fingerprint density at radius 2 is 1.83 bits per heavy atom. The van der Waals surface area contributed by atoms with Crippen molar-refractivity contribution in [3.63, 3.8) is 0 Å². The number of ether oxygens (including phenoxy) is 2. The summed E-state index contributed by atoms with van der Waals surface area (Å²) in [5.74, 6) is 1.24. The zero-order valence-electron chi connectivity index (χ0n) is 21.4. The van der Waals surface area contributed by atoms with Crippen molar-refractivity contribution in [1.82, 2.24) is 9.88 Å². The Kier molecular flexibility index (Phi) is 7.79. The van der Waals surface area contributed by atoms with Gasteiger partial charge in [-0.3, -0.25) is 0 Å². The molecule has 36 heavy (non-hydrogen) atoms. The first kappa shape index (κ1) is 25.5. The van der Waals surface area contributed by atoms with Crippen molar-refractivity contribution in [1.29, 1.82) is 0 Å². The first-order chi connectivity index (χ1) is 17.2. The molecule has 1 aliphatic heterocycles. The minimum absolute atomic E-state index is 0.0891. The van der Waals surface area contributed by atoms with E-state index in [0.717, 1.165) is 46.5 Å². The molecule has 1 saturated heterocycles. The number of piperidine rings is 1.